The molecule has 0 radical (unpaired) electrons. The maximum Gasteiger partial charge on any atom is 0.306 e. The molecule has 2 N–H and O–H groups in total. The molecule has 0 spiro atoms. The SMILES string of the molecule is CC[C@H](C)CC(=O)O[C@@H]1C(=O)C(CO)=C[C@H](O)[C@@H]1C(C)C. The van der Waals surface area contributed by atoms with Gasteiger partial charge in [0.2, 0.25) is 5.78 Å². The predicted octanol–water partition coefficient (Wildman–Crippen LogP) is 1.47. The molecule has 1 aliphatic carbocycles. The van der Waals surface area contributed by atoms with Crippen LogP contribution < -0.4 is 0 Å². The summed E-state index contributed by atoms with van der Waals surface area (Å²) < 4.78 is 5.35. The number of ketones is 1. The van der Waals surface area contributed by atoms with Crippen molar-refractivity contribution in [1.82, 2.24) is 0 Å². The topological polar surface area (TPSA) is 83.8 Å². The first-order valence-electron chi connectivity index (χ1n) is 7.55. The van der Waals surface area contributed by atoms with E-state index >= 15 is 0 Å². The Morgan fingerprint density at radius 3 is 2.48 bits per heavy atom. The number of carbonyl (C=O) groups excluding carboxylic acids is 2. The van der Waals surface area contributed by atoms with Gasteiger partial charge in [0.05, 0.1) is 12.7 Å². The second-order valence-corrected chi connectivity index (χ2v) is 6.15. The fourth-order valence-electron chi connectivity index (χ4n) is 2.56. The maximum absolute atomic E-state index is 12.3. The predicted molar refractivity (Wildman–Crippen MR) is 78.5 cm³/mol. The molecule has 0 aromatic rings. The quantitative estimate of drug-likeness (QED) is 0.725. The second kappa shape index (κ2) is 7.71. The van der Waals surface area contributed by atoms with Gasteiger partial charge in [-0.1, -0.05) is 34.1 Å². The van der Waals surface area contributed by atoms with E-state index in [1.807, 2.05) is 27.7 Å². The molecule has 0 aromatic carbocycles. The van der Waals surface area contributed by atoms with Crippen LogP contribution in [0.15, 0.2) is 11.6 Å². The van der Waals surface area contributed by atoms with Crippen LogP contribution in [-0.2, 0) is 14.3 Å². The van der Waals surface area contributed by atoms with Gasteiger partial charge in [-0.3, -0.25) is 9.59 Å². The van der Waals surface area contributed by atoms with Crippen molar-refractivity contribution in [3.05, 3.63) is 11.6 Å². The van der Waals surface area contributed by atoms with Gasteiger partial charge >= 0.3 is 5.97 Å². The fraction of sp³-hybridized carbons (Fsp3) is 0.750. The molecule has 1 rings (SSSR count). The number of aliphatic hydroxyl groups is 2. The van der Waals surface area contributed by atoms with Gasteiger partial charge < -0.3 is 14.9 Å². The zero-order valence-electron chi connectivity index (χ0n) is 13.2. The highest BCUT2D eigenvalue weighted by Gasteiger charge is 2.42. The zero-order chi connectivity index (χ0) is 16.2. The molecule has 1 aliphatic rings. The van der Waals surface area contributed by atoms with Crippen LogP contribution in [0.1, 0.15) is 40.5 Å². The Morgan fingerprint density at radius 2 is 2.00 bits per heavy atom. The van der Waals surface area contributed by atoms with Crippen molar-refractivity contribution in [2.24, 2.45) is 17.8 Å². The third kappa shape index (κ3) is 4.38. The van der Waals surface area contributed by atoms with Gasteiger partial charge in [-0.2, -0.15) is 0 Å². The van der Waals surface area contributed by atoms with Gasteiger partial charge in [-0.15, -0.1) is 0 Å². The van der Waals surface area contributed by atoms with Crippen LogP contribution in [-0.4, -0.2) is 40.8 Å². The summed E-state index contributed by atoms with van der Waals surface area (Å²) in [6, 6.07) is 0. The van der Waals surface area contributed by atoms with Crippen molar-refractivity contribution in [3.63, 3.8) is 0 Å². The molecule has 5 nitrogen and oxygen atoms in total. The van der Waals surface area contributed by atoms with Crippen molar-refractivity contribution in [2.75, 3.05) is 6.61 Å². The summed E-state index contributed by atoms with van der Waals surface area (Å²) in [6.07, 6.45) is 0.562. The van der Waals surface area contributed by atoms with Gasteiger partial charge in [0.1, 0.15) is 0 Å². The number of carbonyl (C=O) groups is 2. The number of ether oxygens (including phenoxy) is 1. The minimum Gasteiger partial charge on any atom is -0.454 e. The average molecular weight is 298 g/mol. The first-order valence-corrected chi connectivity index (χ1v) is 7.55. The third-order valence-electron chi connectivity index (χ3n) is 4.10. The van der Waals surface area contributed by atoms with E-state index in [0.29, 0.717) is 0 Å². The lowest BCUT2D eigenvalue weighted by Crippen LogP contribution is -2.47. The molecular weight excluding hydrogens is 272 g/mol. The molecule has 4 atom stereocenters. The molecule has 0 amide bonds. The average Bonchev–Trinajstić information content (AvgIpc) is 2.41. The summed E-state index contributed by atoms with van der Waals surface area (Å²) in [5, 5.41) is 19.3. The Balaban J connectivity index is 2.91. The molecule has 21 heavy (non-hydrogen) atoms. The highest BCUT2D eigenvalue weighted by molar-refractivity contribution is 6.01. The number of hydrogen-bond donors (Lipinski definition) is 2. The first-order chi connectivity index (χ1) is 9.81. The third-order valence-corrected chi connectivity index (χ3v) is 4.10. The Hall–Kier alpha value is -1.20. The lowest BCUT2D eigenvalue weighted by atomic mass is 9.77. The van der Waals surface area contributed by atoms with Crippen molar-refractivity contribution < 1.29 is 24.5 Å². The van der Waals surface area contributed by atoms with E-state index in [9.17, 15) is 19.8 Å². The van der Waals surface area contributed by atoms with Crippen LogP contribution in [0.4, 0.5) is 0 Å². The summed E-state index contributed by atoms with van der Waals surface area (Å²) in [5.74, 6) is -1.15. The van der Waals surface area contributed by atoms with E-state index in [0.717, 1.165) is 6.42 Å². The fourth-order valence-corrected chi connectivity index (χ4v) is 2.56. The minimum absolute atomic E-state index is 0.0261. The molecule has 0 heterocycles. The van der Waals surface area contributed by atoms with Gasteiger partial charge in [-0.05, 0) is 17.9 Å². The van der Waals surface area contributed by atoms with Crippen LogP contribution >= 0.6 is 0 Å². The van der Waals surface area contributed by atoms with E-state index < -0.39 is 36.5 Å². The van der Waals surface area contributed by atoms with E-state index in [2.05, 4.69) is 0 Å². The first kappa shape index (κ1) is 17.9. The van der Waals surface area contributed by atoms with Crippen LogP contribution in [0.3, 0.4) is 0 Å². The molecule has 0 bridgehead atoms. The Morgan fingerprint density at radius 1 is 1.38 bits per heavy atom. The van der Waals surface area contributed by atoms with Gasteiger partial charge in [-0.25, -0.2) is 0 Å². The maximum atomic E-state index is 12.3. The number of rotatable bonds is 6. The summed E-state index contributed by atoms with van der Waals surface area (Å²) >= 11 is 0. The number of Topliss-reactive ketones (excluding diaryl/α,β-unsaturated/α-hetero) is 1. The highest BCUT2D eigenvalue weighted by Crippen LogP contribution is 2.30. The van der Waals surface area contributed by atoms with Crippen molar-refractivity contribution in [3.8, 4) is 0 Å². The minimum atomic E-state index is -1.01. The molecule has 0 unspecified atom stereocenters. The van der Waals surface area contributed by atoms with Crippen molar-refractivity contribution in [1.29, 1.82) is 0 Å². The van der Waals surface area contributed by atoms with Crippen LogP contribution in [0.25, 0.3) is 0 Å². The monoisotopic (exact) mass is 298 g/mol. The van der Waals surface area contributed by atoms with Gasteiger partial charge in [0, 0.05) is 17.9 Å². The van der Waals surface area contributed by atoms with Gasteiger partial charge in [0.25, 0.3) is 0 Å². The molecule has 5 heteroatoms. The lowest BCUT2D eigenvalue weighted by Gasteiger charge is -2.35. The summed E-state index contributed by atoms with van der Waals surface area (Å²) in [6.45, 7) is 7.21. The van der Waals surface area contributed by atoms with E-state index in [1.54, 1.807) is 0 Å². The van der Waals surface area contributed by atoms with Crippen molar-refractivity contribution >= 4 is 11.8 Å². The number of esters is 1. The Bertz CT molecular complexity index is 413. The van der Waals surface area contributed by atoms with Crippen LogP contribution in [0.2, 0.25) is 0 Å². The molecule has 0 saturated heterocycles. The highest BCUT2D eigenvalue weighted by atomic mass is 16.5. The largest absolute Gasteiger partial charge is 0.454 e. The summed E-state index contributed by atoms with van der Waals surface area (Å²) in [5.41, 5.74) is 0.112. The molecule has 120 valence electrons. The normalized spacial score (nSPS) is 27.5. The second-order valence-electron chi connectivity index (χ2n) is 6.15. The molecule has 0 fully saturated rings. The summed E-state index contributed by atoms with van der Waals surface area (Å²) in [7, 11) is 0. The number of hydrogen-bond acceptors (Lipinski definition) is 5. The summed E-state index contributed by atoms with van der Waals surface area (Å²) in [4.78, 5) is 24.2. The smallest absolute Gasteiger partial charge is 0.306 e. The van der Waals surface area contributed by atoms with E-state index in [-0.39, 0.29) is 23.8 Å². The molecular formula is C16H26O5. The van der Waals surface area contributed by atoms with Crippen molar-refractivity contribution in [2.45, 2.75) is 52.7 Å². The lowest BCUT2D eigenvalue weighted by molar-refractivity contribution is -0.162. The molecule has 0 saturated carbocycles. The molecule has 0 aromatic heterocycles. The van der Waals surface area contributed by atoms with Gasteiger partial charge in [0.15, 0.2) is 6.10 Å². The van der Waals surface area contributed by atoms with E-state index in [4.69, 9.17) is 4.74 Å². The zero-order valence-corrected chi connectivity index (χ0v) is 13.2. The Kier molecular flexibility index (Phi) is 6.55. The van der Waals surface area contributed by atoms with Crippen LogP contribution in [0.5, 0.6) is 0 Å². The van der Waals surface area contributed by atoms with Crippen LogP contribution in [0, 0.1) is 17.8 Å². The standard InChI is InChI=1S/C16H26O5/c1-5-10(4)6-13(19)21-16-14(9(2)3)12(18)7-11(8-17)15(16)20/h7,9-10,12,14,16-18H,5-6,8H2,1-4H3/t10-,12-,14-,16-/m0/s1. The molecule has 0 aliphatic heterocycles. The number of aliphatic hydroxyl groups excluding tert-OH is 2. The van der Waals surface area contributed by atoms with E-state index in [1.165, 1.54) is 6.08 Å². The Labute approximate surface area is 126 Å².